The van der Waals surface area contributed by atoms with Gasteiger partial charge in [0.25, 0.3) is 6.43 Å². The molecule has 33 heavy (non-hydrogen) atoms. The number of alkyl halides is 2. The number of aromatic nitrogens is 2. The molecule has 2 aliphatic heterocycles. The standard InChI is InChI=1S/C25H27F2N5O/c1-13-7-8-32(21-6-4-5-20-24(21)29-14(2)9-23(33)30-20)22-11-18(25(26)27)17(10-16(13)22)19-12-28-31-15(19)3/h4-6,10-14,25,29H,7-9H2,1-3H3,(H,28,31)(H,30,33)/t13-,14-/m1/s1. The summed E-state index contributed by atoms with van der Waals surface area (Å²) in [7, 11) is 0. The third-order valence-electron chi connectivity index (χ3n) is 6.65. The lowest BCUT2D eigenvalue weighted by Crippen LogP contribution is -2.28. The summed E-state index contributed by atoms with van der Waals surface area (Å²) in [6.07, 6.45) is 0.240. The molecule has 0 spiro atoms. The van der Waals surface area contributed by atoms with Gasteiger partial charge in [0, 0.05) is 41.5 Å². The van der Waals surface area contributed by atoms with Crippen LogP contribution in [0.15, 0.2) is 36.5 Å². The average molecular weight is 452 g/mol. The molecular formula is C25H27F2N5O. The molecule has 3 aromatic rings. The summed E-state index contributed by atoms with van der Waals surface area (Å²) in [4.78, 5) is 14.3. The van der Waals surface area contributed by atoms with E-state index in [9.17, 15) is 13.6 Å². The molecule has 8 heteroatoms. The molecule has 1 aromatic heterocycles. The van der Waals surface area contributed by atoms with Crippen LogP contribution < -0.4 is 15.5 Å². The lowest BCUT2D eigenvalue weighted by atomic mass is 9.86. The van der Waals surface area contributed by atoms with E-state index in [-0.39, 0.29) is 23.4 Å². The Kier molecular flexibility index (Phi) is 5.31. The highest BCUT2D eigenvalue weighted by atomic mass is 19.3. The van der Waals surface area contributed by atoms with Crippen molar-refractivity contribution in [2.45, 2.75) is 52.0 Å². The first-order valence-electron chi connectivity index (χ1n) is 11.3. The molecule has 172 valence electrons. The lowest BCUT2D eigenvalue weighted by molar-refractivity contribution is -0.116. The minimum Gasteiger partial charge on any atom is -0.379 e. The maximum absolute atomic E-state index is 14.3. The van der Waals surface area contributed by atoms with Gasteiger partial charge in [-0.3, -0.25) is 9.89 Å². The molecule has 5 rings (SSSR count). The molecule has 0 fully saturated rings. The van der Waals surface area contributed by atoms with Crippen LogP contribution in [0.5, 0.6) is 0 Å². The zero-order chi connectivity index (χ0) is 23.3. The van der Waals surface area contributed by atoms with Crippen molar-refractivity contribution in [3.63, 3.8) is 0 Å². The number of aryl methyl sites for hydroxylation is 1. The van der Waals surface area contributed by atoms with Crippen molar-refractivity contribution < 1.29 is 13.6 Å². The van der Waals surface area contributed by atoms with Crippen molar-refractivity contribution in [3.05, 3.63) is 53.3 Å². The number of anilines is 4. The molecule has 0 unspecified atom stereocenters. The second-order valence-electron chi connectivity index (χ2n) is 9.05. The van der Waals surface area contributed by atoms with E-state index >= 15 is 0 Å². The van der Waals surface area contributed by atoms with Crippen LogP contribution >= 0.6 is 0 Å². The quantitative estimate of drug-likeness (QED) is 0.449. The molecule has 1 amide bonds. The monoisotopic (exact) mass is 451 g/mol. The van der Waals surface area contributed by atoms with Gasteiger partial charge in [-0.2, -0.15) is 5.10 Å². The van der Waals surface area contributed by atoms with Gasteiger partial charge < -0.3 is 15.5 Å². The number of rotatable bonds is 3. The van der Waals surface area contributed by atoms with Gasteiger partial charge in [-0.1, -0.05) is 13.0 Å². The van der Waals surface area contributed by atoms with E-state index in [1.54, 1.807) is 12.3 Å². The van der Waals surface area contributed by atoms with Crippen LogP contribution in [-0.4, -0.2) is 28.7 Å². The molecule has 0 saturated carbocycles. The maximum Gasteiger partial charge on any atom is 0.264 e. The highest BCUT2D eigenvalue weighted by Gasteiger charge is 2.30. The van der Waals surface area contributed by atoms with E-state index in [0.29, 0.717) is 29.8 Å². The third kappa shape index (κ3) is 3.73. The van der Waals surface area contributed by atoms with Gasteiger partial charge in [0.2, 0.25) is 5.91 Å². The number of nitrogens with one attached hydrogen (secondary N) is 3. The van der Waals surface area contributed by atoms with Crippen molar-refractivity contribution in [3.8, 4) is 11.1 Å². The number of H-pyrrole nitrogens is 1. The summed E-state index contributed by atoms with van der Waals surface area (Å²) >= 11 is 0. The lowest BCUT2D eigenvalue weighted by Gasteiger charge is -2.37. The van der Waals surface area contributed by atoms with Crippen molar-refractivity contribution in [1.82, 2.24) is 10.2 Å². The minimum atomic E-state index is -2.62. The van der Waals surface area contributed by atoms with Gasteiger partial charge in [-0.15, -0.1) is 0 Å². The summed E-state index contributed by atoms with van der Waals surface area (Å²) < 4.78 is 28.5. The van der Waals surface area contributed by atoms with Crippen molar-refractivity contribution in [2.75, 3.05) is 22.1 Å². The summed E-state index contributed by atoms with van der Waals surface area (Å²) in [6.45, 7) is 6.64. The Morgan fingerprint density at radius 2 is 1.97 bits per heavy atom. The van der Waals surface area contributed by atoms with Gasteiger partial charge in [-0.25, -0.2) is 8.78 Å². The zero-order valence-corrected chi connectivity index (χ0v) is 18.9. The molecule has 0 bridgehead atoms. The van der Waals surface area contributed by atoms with Crippen LogP contribution in [0.4, 0.5) is 31.5 Å². The van der Waals surface area contributed by atoms with E-state index < -0.39 is 6.43 Å². The van der Waals surface area contributed by atoms with E-state index in [4.69, 9.17) is 0 Å². The molecule has 6 nitrogen and oxygen atoms in total. The Morgan fingerprint density at radius 1 is 1.15 bits per heavy atom. The fraction of sp³-hybridized carbons (Fsp3) is 0.360. The Bertz CT molecular complexity index is 1220. The fourth-order valence-electron chi connectivity index (χ4n) is 4.93. The SMILES string of the molecule is Cc1[nH]ncc1-c1cc2c(cc1C(F)F)N(c1cccc3c1N[C@H](C)CC(=O)N3)CC[C@H]2C. The molecule has 2 aliphatic rings. The van der Waals surface area contributed by atoms with Crippen molar-refractivity contribution in [2.24, 2.45) is 0 Å². The predicted octanol–water partition coefficient (Wildman–Crippen LogP) is 6.11. The maximum atomic E-state index is 14.3. The molecule has 3 N–H and O–H groups in total. The first-order chi connectivity index (χ1) is 15.8. The Hall–Kier alpha value is -3.42. The summed E-state index contributed by atoms with van der Waals surface area (Å²) in [5.41, 5.74) is 6.21. The summed E-state index contributed by atoms with van der Waals surface area (Å²) in [6, 6.07) is 9.23. The normalized spacial score (nSPS) is 20.1. The fourth-order valence-corrected chi connectivity index (χ4v) is 4.93. The summed E-state index contributed by atoms with van der Waals surface area (Å²) in [5, 5.41) is 13.3. The zero-order valence-electron chi connectivity index (χ0n) is 18.9. The number of benzene rings is 2. The number of nitrogens with zero attached hydrogens (tertiary/aromatic N) is 2. The number of aromatic amines is 1. The van der Waals surface area contributed by atoms with Gasteiger partial charge in [-0.05, 0) is 61.6 Å². The number of halogens is 2. The summed E-state index contributed by atoms with van der Waals surface area (Å²) in [5.74, 6) is 0.182. The minimum absolute atomic E-state index is 0.00555. The molecular weight excluding hydrogens is 424 g/mol. The largest absolute Gasteiger partial charge is 0.379 e. The topological polar surface area (TPSA) is 73.0 Å². The van der Waals surface area contributed by atoms with Crippen LogP contribution in [0.3, 0.4) is 0 Å². The van der Waals surface area contributed by atoms with Gasteiger partial charge in [0.15, 0.2) is 0 Å². The van der Waals surface area contributed by atoms with Crippen LogP contribution in [0.1, 0.15) is 55.9 Å². The Balaban J connectivity index is 1.68. The number of fused-ring (bicyclic) bond motifs is 2. The van der Waals surface area contributed by atoms with Gasteiger partial charge >= 0.3 is 0 Å². The van der Waals surface area contributed by atoms with Crippen LogP contribution in [-0.2, 0) is 4.79 Å². The molecule has 3 heterocycles. The molecule has 2 aromatic carbocycles. The average Bonchev–Trinajstić information content (AvgIpc) is 3.13. The smallest absolute Gasteiger partial charge is 0.264 e. The molecule has 2 atom stereocenters. The highest BCUT2D eigenvalue weighted by Crippen LogP contribution is 2.48. The number of amides is 1. The van der Waals surface area contributed by atoms with Crippen LogP contribution in [0.2, 0.25) is 0 Å². The van der Waals surface area contributed by atoms with E-state index in [1.165, 1.54) is 0 Å². The molecule has 0 aliphatic carbocycles. The molecule has 0 saturated heterocycles. The van der Waals surface area contributed by atoms with Crippen LogP contribution in [0, 0.1) is 6.92 Å². The van der Waals surface area contributed by atoms with E-state index in [1.807, 2.05) is 38.1 Å². The van der Waals surface area contributed by atoms with E-state index in [2.05, 4.69) is 32.7 Å². The van der Waals surface area contributed by atoms with Gasteiger partial charge in [0.1, 0.15) is 0 Å². The predicted molar refractivity (Wildman–Crippen MR) is 127 cm³/mol. The Labute approximate surface area is 191 Å². The second kappa shape index (κ2) is 8.17. The number of carbonyl (C=O) groups excluding carboxylic acids is 1. The Morgan fingerprint density at radius 3 is 2.70 bits per heavy atom. The number of para-hydroxylation sites is 1. The first kappa shape index (κ1) is 21.4. The second-order valence-corrected chi connectivity index (χ2v) is 9.05. The van der Waals surface area contributed by atoms with Crippen LogP contribution in [0.25, 0.3) is 11.1 Å². The van der Waals surface area contributed by atoms with Crippen molar-refractivity contribution in [1.29, 1.82) is 0 Å². The van der Waals surface area contributed by atoms with Gasteiger partial charge in [0.05, 0.1) is 23.3 Å². The first-order valence-corrected chi connectivity index (χ1v) is 11.3. The number of carbonyl (C=O) groups is 1. The number of hydrogen-bond acceptors (Lipinski definition) is 4. The van der Waals surface area contributed by atoms with Crippen molar-refractivity contribution >= 4 is 28.7 Å². The highest BCUT2D eigenvalue weighted by molar-refractivity contribution is 6.00. The molecule has 0 radical (unpaired) electrons. The number of hydrogen-bond donors (Lipinski definition) is 3. The third-order valence-corrected chi connectivity index (χ3v) is 6.65. The van der Waals surface area contributed by atoms with E-state index in [0.717, 1.165) is 34.7 Å².